The molecular formula is C29H34N4O3. The molecule has 0 aliphatic carbocycles. The lowest BCUT2D eigenvalue weighted by Crippen LogP contribution is -2.36. The number of piperidine rings is 1. The van der Waals surface area contributed by atoms with Gasteiger partial charge in [0.05, 0.1) is 13.2 Å². The summed E-state index contributed by atoms with van der Waals surface area (Å²) in [4.78, 5) is 15.4. The van der Waals surface area contributed by atoms with E-state index in [0.717, 1.165) is 80.6 Å². The Morgan fingerprint density at radius 1 is 0.972 bits per heavy atom. The Kier molecular flexibility index (Phi) is 7.69. The van der Waals surface area contributed by atoms with Crippen molar-refractivity contribution in [2.45, 2.75) is 25.9 Å². The van der Waals surface area contributed by atoms with Crippen molar-refractivity contribution in [2.24, 2.45) is 0 Å². The SMILES string of the molecule is Cc1ccc(Nc2cccc(N3CCOCC3)c2)cc1NC(=O)c1cccc(OC2CCNCC2)c1. The lowest BCUT2D eigenvalue weighted by atomic mass is 10.1. The zero-order valence-corrected chi connectivity index (χ0v) is 20.8. The van der Waals surface area contributed by atoms with Gasteiger partial charge in [0, 0.05) is 41.4 Å². The van der Waals surface area contributed by atoms with Crippen molar-refractivity contribution in [3.8, 4) is 5.75 Å². The van der Waals surface area contributed by atoms with Gasteiger partial charge in [-0.05, 0) is 86.9 Å². The molecule has 2 aliphatic rings. The summed E-state index contributed by atoms with van der Waals surface area (Å²) in [6, 6.07) is 21.8. The highest BCUT2D eigenvalue weighted by Crippen LogP contribution is 2.27. The third-order valence-electron chi connectivity index (χ3n) is 6.68. The van der Waals surface area contributed by atoms with Crippen LogP contribution in [0.4, 0.5) is 22.7 Å². The summed E-state index contributed by atoms with van der Waals surface area (Å²) in [5.74, 6) is 0.585. The maximum Gasteiger partial charge on any atom is 0.255 e. The first-order valence-electron chi connectivity index (χ1n) is 12.7. The number of anilines is 4. The van der Waals surface area contributed by atoms with E-state index in [1.807, 2.05) is 49.4 Å². The number of nitrogens with zero attached hydrogens (tertiary/aromatic N) is 1. The van der Waals surface area contributed by atoms with Gasteiger partial charge in [0.15, 0.2) is 0 Å². The molecule has 0 aromatic heterocycles. The number of morpholine rings is 1. The summed E-state index contributed by atoms with van der Waals surface area (Å²) in [5.41, 5.74) is 5.45. The quantitative estimate of drug-likeness (QED) is 0.438. The van der Waals surface area contributed by atoms with E-state index in [4.69, 9.17) is 9.47 Å². The van der Waals surface area contributed by atoms with Crippen molar-refractivity contribution in [2.75, 3.05) is 54.9 Å². The van der Waals surface area contributed by atoms with Gasteiger partial charge in [0.2, 0.25) is 0 Å². The number of benzene rings is 3. The van der Waals surface area contributed by atoms with Gasteiger partial charge >= 0.3 is 0 Å². The molecule has 3 N–H and O–H groups in total. The van der Waals surface area contributed by atoms with Gasteiger partial charge in [-0.2, -0.15) is 0 Å². The van der Waals surface area contributed by atoms with Gasteiger partial charge in [-0.15, -0.1) is 0 Å². The molecule has 188 valence electrons. The fourth-order valence-electron chi connectivity index (χ4n) is 4.61. The summed E-state index contributed by atoms with van der Waals surface area (Å²) in [5, 5.41) is 9.91. The number of carbonyl (C=O) groups is 1. The lowest BCUT2D eigenvalue weighted by molar-refractivity contribution is 0.102. The lowest BCUT2D eigenvalue weighted by Gasteiger charge is -2.29. The van der Waals surface area contributed by atoms with E-state index in [1.165, 1.54) is 5.69 Å². The van der Waals surface area contributed by atoms with Gasteiger partial charge in [-0.1, -0.05) is 18.2 Å². The van der Waals surface area contributed by atoms with E-state index in [1.54, 1.807) is 0 Å². The molecule has 0 atom stereocenters. The number of hydrogen-bond acceptors (Lipinski definition) is 6. The standard InChI is InChI=1S/C29H34N4O3/c1-21-8-9-24(31-23-5-3-6-25(19-23)33-14-16-35-17-15-33)20-28(21)32-29(34)22-4-2-7-27(18-22)36-26-10-12-30-13-11-26/h2-9,18-20,26,30-31H,10-17H2,1H3,(H,32,34). The predicted octanol–water partition coefficient (Wildman–Crippen LogP) is 4.96. The molecule has 0 bridgehead atoms. The number of ether oxygens (including phenoxy) is 2. The Hall–Kier alpha value is -3.55. The second kappa shape index (κ2) is 11.5. The van der Waals surface area contributed by atoms with E-state index >= 15 is 0 Å². The fraction of sp³-hybridized carbons (Fsp3) is 0.345. The Morgan fingerprint density at radius 3 is 2.58 bits per heavy atom. The summed E-state index contributed by atoms with van der Waals surface area (Å²) in [7, 11) is 0. The minimum atomic E-state index is -0.152. The fourth-order valence-corrected chi connectivity index (χ4v) is 4.61. The third kappa shape index (κ3) is 6.17. The number of carbonyl (C=O) groups excluding carboxylic acids is 1. The van der Waals surface area contributed by atoms with E-state index in [0.29, 0.717) is 5.56 Å². The van der Waals surface area contributed by atoms with Gasteiger partial charge in [-0.3, -0.25) is 4.79 Å². The summed E-state index contributed by atoms with van der Waals surface area (Å²) in [6.45, 7) is 7.23. The first-order valence-corrected chi connectivity index (χ1v) is 12.7. The molecule has 7 nitrogen and oxygen atoms in total. The van der Waals surface area contributed by atoms with Crippen LogP contribution in [0, 0.1) is 6.92 Å². The molecule has 2 heterocycles. The first-order chi connectivity index (χ1) is 17.6. The second-order valence-corrected chi connectivity index (χ2v) is 9.35. The maximum atomic E-state index is 13.1. The van der Waals surface area contributed by atoms with Gasteiger partial charge in [0.1, 0.15) is 11.9 Å². The largest absolute Gasteiger partial charge is 0.490 e. The van der Waals surface area contributed by atoms with Crippen LogP contribution in [0.15, 0.2) is 66.7 Å². The Labute approximate surface area is 212 Å². The van der Waals surface area contributed by atoms with Crippen LogP contribution in [-0.2, 0) is 4.74 Å². The Morgan fingerprint density at radius 2 is 1.75 bits per heavy atom. The Balaban J connectivity index is 1.26. The molecule has 7 heteroatoms. The molecule has 36 heavy (non-hydrogen) atoms. The predicted molar refractivity (Wildman–Crippen MR) is 145 cm³/mol. The van der Waals surface area contributed by atoms with Crippen LogP contribution in [0.5, 0.6) is 5.75 Å². The third-order valence-corrected chi connectivity index (χ3v) is 6.68. The molecule has 2 saturated heterocycles. The van der Waals surface area contributed by atoms with Gasteiger partial charge in [0.25, 0.3) is 5.91 Å². The number of rotatable bonds is 7. The molecule has 2 aliphatic heterocycles. The molecule has 3 aromatic rings. The number of aryl methyl sites for hydroxylation is 1. The highest BCUT2D eigenvalue weighted by atomic mass is 16.5. The molecule has 5 rings (SSSR count). The summed E-state index contributed by atoms with van der Waals surface area (Å²) >= 11 is 0. The van der Waals surface area contributed by atoms with E-state index in [9.17, 15) is 4.79 Å². The molecule has 0 saturated carbocycles. The average molecular weight is 487 g/mol. The van der Waals surface area contributed by atoms with Gasteiger partial charge in [-0.25, -0.2) is 0 Å². The highest BCUT2D eigenvalue weighted by Gasteiger charge is 2.16. The zero-order valence-electron chi connectivity index (χ0n) is 20.8. The van der Waals surface area contributed by atoms with Crippen molar-refractivity contribution < 1.29 is 14.3 Å². The zero-order chi connectivity index (χ0) is 24.7. The minimum Gasteiger partial charge on any atom is -0.490 e. The normalized spacial score (nSPS) is 16.4. The van der Waals surface area contributed by atoms with Gasteiger partial charge < -0.3 is 30.3 Å². The first kappa shape index (κ1) is 24.2. The molecule has 0 unspecified atom stereocenters. The average Bonchev–Trinajstić information content (AvgIpc) is 2.92. The van der Waals surface area contributed by atoms with Crippen LogP contribution in [-0.4, -0.2) is 51.4 Å². The molecule has 1 amide bonds. The molecular weight excluding hydrogens is 452 g/mol. The van der Waals surface area contributed by atoms with Crippen LogP contribution in [0.2, 0.25) is 0 Å². The molecule has 3 aromatic carbocycles. The van der Waals surface area contributed by atoms with Crippen LogP contribution in [0.1, 0.15) is 28.8 Å². The van der Waals surface area contributed by atoms with E-state index in [2.05, 4.69) is 45.1 Å². The van der Waals surface area contributed by atoms with E-state index in [-0.39, 0.29) is 12.0 Å². The van der Waals surface area contributed by atoms with Crippen LogP contribution >= 0.6 is 0 Å². The van der Waals surface area contributed by atoms with Crippen LogP contribution in [0.3, 0.4) is 0 Å². The molecule has 0 radical (unpaired) electrons. The summed E-state index contributed by atoms with van der Waals surface area (Å²) < 4.78 is 11.6. The molecule has 0 spiro atoms. The van der Waals surface area contributed by atoms with E-state index < -0.39 is 0 Å². The number of hydrogen-bond donors (Lipinski definition) is 3. The topological polar surface area (TPSA) is 74.9 Å². The van der Waals surface area contributed by atoms with Crippen molar-refractivity contribution in [3.63, 3.8) is 0 Å². The van der Waals surface area contributed by atoms with Crippen LogP contribution in [0.25, 0.3) is 0 Å². The summed E-state index contributed by atoms with van der Waals surface area (Å²) in [6.07, 6.45) is 2.14. The maximum absolute atomic E-state index is 13.1. The number of nitrogens with one attached hydrogen (secondary N) is 3. The monoisotopic (exact) mass is 486 g/mol. The van der Waals surface area contributed by atoms with Crippen molar-refractivity contribution in [1.29, 1.82) is 0 Å². The van der Waals surface area contributed by atoms with Crippen LogP contribution < -0.4 is 25.6 Å². The Bertz CT molecular complexity index is 1190. The van der Waals surface area contributed by atoms with Crippen molar-refractivity contribution in [3.05, 3.63) is 77.9 Å². The van der Waals surface area contributed by atoms with Crippen molar-refractivity contribution >= 4 is 28.7 Å². The highest BCUT2D eigenvalue weighted by molar-refractivity contribution is 6.05. The van der Waals surface area contributed by atoms with Crippen molar-refractivity contribution in [1.82, 2.24) is 5.32 Å². The smallest absolute Gasteiger partial charge is 0.255 e. The molecule has 2 fully saturated rings. The second-order valence-electron chi connectivity index (χ2n) is 9.35. The number of amides is 1. The minimum absolute atomic E-state index is 0.152.